The molecule has 0 aliphatic rings. The predicted molar refractivity (Wildman–Crippen MR) is 75.7 cm³/mol. The number of aryl methyl sites for hydroxylation is 1. The monoisotopic (exact) mass is 339 g/mol. The highest BCUT2D eigenvalue weighted by atomic mass is 79.9. The lowest BCUT2D eigenvalue weighted by atomic mass is 10.2. The Morgan fingerprint density at radius 3 is 2.85 bits per heavy atom. The van der Waals surface area contributed by atoms with Gasteiger partial charge in [0.1, 0.15) is 11.6 Å². The van der Waals surface area contributed by atoms with Crippen molar-refractivity contribution < 1.29 is 14.3 Å². The maximum absolute atomic E-state index is 13.2. The van der Waals surface area contributed by atoms with E-state index in [1.54, 1.807) is 19.1 Å². The van der Waals surface area contributed by atoms with Crippen LogP contribution in [0.25, 0.3) is 0 Å². The Labute approximate surface area is 123 Å². The number of hydrogen-bond acceptors (Lipinski definition) is 4. The van der Waals surface area contributed by atoms with Gasteiger partial charge in [0.15, 0.2) is 5.84 Å². The molecule has 0 spiro atoms. The number of pyridine rings is 1. The van der Waals surface area contributed by atoms with Gasteiger partial charge in [0, 0.05) is 11.8 Å². The minimum Gasteiger partial charge on any atom is -0.437 e. The second-order valence-corrected chi connectivity index (χ2v) is 4.82. The number of ether oxygens (including phenoxy) is 1. The van der Waals surface area contributed by atoms with E-state index in [2.05, 4.69) is 26.1 Å². The first-order valence-electron chi connectivity index (χ1n) is 5.59. The SMILES string of the molecule is Cc1ccc(/C(N)=N/O)c(Oc2cc(F)ccc2Br)n1. The van der Waals surface area contributed by atoms with Crippen molar-refractivity contribution >= 4 is 21.8 Å². The summed E-state index contributed by atoms with van der Waals surface area (Å²) in [4.78, 5) is 4.17. The standard InChI is InChI=1S/C13H11BrFN3O2/c1-7-2-4-9(12(16)18-19)13(17-7)20-11-6-8(15)3-5-10(11)14/h2-6,19H,1H3,(H2,16,18). The molecule has 0 aliphatic heterocycles. The minimum absolute atomic E-state index is 0.131. The summed E-state index contributed by atoms with van der Waals surface area (Å²) in [5, 5.41) is 11.7. The third kappa shape index (κ3) is 3.05. The molecule has 1 heterocycles. The fraction of sp³-hybridized carbons (Fsp3) is 0.0769. The van der Waals surface area contributed by atoms with Crippen LogP contribution < -0.4 is 10.5 Å². The smallest absolute Gasteiger partial charge is 0.230 e. The highest BCUT2D eigenvalue weighted by Gasteiger charge is 2.13. The Kier molecular flexibility index (Phi) is 4.19. The van der Waals surface area contributed by atoms with E-state index in [1.165, 1.54) is 18.2 Å². The van der Waals surface area contributed by atoms with Gasteiger partial charge in [-0.2, -0.15) is 0 Å². The third-order valence-corrected chi connectivity index (χ3v) is 3.14. The molecule has 2 rings (SSSR count). The number of nitrogens with two attached hydrogens (primary N) is 1. The summed E-state index contributed by atoms with van der Waals surface area (Å²) in [5.41, 5.74) is 6.56. The van der Waals surface area contributed by atoms with Crippen molar-refractivity contribution in [1.29, 1.82) is 0 Å². The predicted octanol–water partition coefficient (Wildman–Crippen LogP) is 3.18. The number of oxime groups is 1. The van der Waals surface area contributed by atoms with Crippen molar-refractivity contribution in [2.75, 3.05) is 0 Å². The van der Waals surface area contributed by atoms with E-state index in [1.807, 2.05) is 0 Å². The number of rotatable bonds is 3. The number of aromatic nitrogens is 1. The van der Waals surface area contributed by atoms with Crippen molar-refractivity contribution in [1.82, 2.24) is 4.98 Å². The summed E-state index contributed by atoms with van der Waals surface area (Å²) >= 11 is 3.25. The second kappa shape index (κ2) is 5.87. The lowest BCUT2D eigenvalue weighted by Gasteiger charge is -2.11. The maximum Gasteiger partial charge on any atom is 0.230 e. The molecule has 0 bridgehead atoms. The fourth-order valence-electron chi connectivity index (χ4n) is 1.52. The Morgan fingerprint density at radius 1 is 1.40 bits per heavy atom. The van der Waals surface area contributed by atoms with Crippen LogP contribution in [0.5, 0.6) is 11.6 Å². The van der Waals surface area contributed by atoms with Crippen LogP contribution in [0.2, 0.25) is 0 Å². The quantitative estimate of drug-likeness (QED) is 0.389. The third-order valence-electron chi connectivity index (χ3n) is 2.48. The number of nitrogens with zero attached hydrogens (tertiary/aromatic N) is 2. The van der Waals surface area contributed by atoms with Crippen molar-refractivity contribution in [3.05, 3.63) is 51.9 Å². The zero-order chi connectivity index (χ0) is 14.7. The van der Waals surface area contributed by atoms with Crippen molar-refractivity contribution in [3.8, 4) is 11.6 Å². The molecular weight excluding hydrogens is 329 g/mol. The van der Waals surface area contributed by atoms with Gasteiger partial charge in [-0.25, -0.2) is 9.37 Å². The van der Waals surface area contributed by atoms with Gasteiger partial charge in [-0.3, -0.25) is 0 Å². The average Bonchev–Trinajstić information content (AvgIpc) is 2.42. The van der Waals surface area contributed by atoms with Crippen LogP contribution in [0.4, 0.5) is 4.39 Å². The average molecular weight is 340 g/mol. The van der Waals surface area contributed by atoms with Gasteiger partial charge in [0.2, 0.25) is 5.88 Å². The van der Waals surface area contributed by atoms with E-state index >= 15 is 0 Å². The molecule has 1 aromatic heterocycles. The summed E-state index contributed by atoms with van der Waals surface area (Å²) in [6.45, 7) is 1.77. The van der Waals surface area contributed by atoms with Crippen molar-refractivity contribution in [2.45, 2.75) is 6.92 Å². The molecule has 0 aliphatic carbocycles. The topological polar surface area (TPSA) is 80.7 Å². The summed E-state index contributed by atoms with van der Waals surface area (Å²) in [6.07, 6.45) is 0. The number of hydrogen-bond donors (Lipinski definition) is 2. The first kappa shape index (κ1) is 14.3. The zero-order valence-electron chi connectivity index (χ0n) is 10.5. The number of benzene rings is 1. The molecule has 5 nitrogen and oxygen atoms in total. The molecule has 0 radical (unpaired) electrons. The largest absolute Gasteiger partial charge is 0.437 e. The zero-order valence-corrected chi connectivity index (χ0v) is 12.1. The molecule has 2 aromatic rings. The highest BCUT2D eigenvalue weighted by Crippen LogP contribution is 2.31. The summed E-state index contributed by atoms with van der Waals surface area (Å²) < 4.78 is 19.4. The van der Waals surface area contributed by atoms with E-state index in [0.29, 0.717) is 15.7 Å². The Morgan fingerprint density at radius 2 is 2.15 bits per heavy atom. The number of halogens is 2. The molecule has 3 N–H and O–H groups in total. The van der Waals surface area contributed by atoms with E-state index in [0.717, 1.165) is 0 Å². The van der Waals surface area contributed by atoms with Crippen LogP contribution in [0.1, 0.15) is 11.3 Å². The number of amidine groups is 1. The van der Waals surface area contributed by atoms with Gasteiger partial charge >= 0.3 is 0 Å². The molecule has 0 fully saturated rings. The van der Waals surface area contributed by atoms with E-state index < -0.39 is 5.82 Å². The molecule has 0 saturated heterocycles. The van der Waals surface area contributed by atoms with Gasteiger partial charge in [-0.15, -0.1) is 0 Å². The van der Waals surface area contributed by atoms with Gasteiger partial charge in [-0.05, 0) is 47.1 Å². The molecule has 0 saturated carbocycles. The first-order chi connectivity index (χ1) is 9.51. The summed E-state index contributed by atoms with van der Waals surface area (Å²) in [7, 11) is 0. The Bertz CT molecular complexity index is 677. The molecule has 0 amide bonds. The molecular formula is C13H11BrFN3O2. The Hall–Kier alpha value is -2.15. The lowest BCUT2D eigenvalue weighted by Crippen LogP contribution is -2.15. The molecule has 104 valence electrons. The van der Waals surface area contributed by atoms with Gasteiger partial charge in [-0.1, -0.05) is 5.16 Å². The molecule has 0 atom stereocenters. The van der Waals surface area contributed by atoms with Crippen LogP contribution in [-0.2, 0) is 0 Å². The van der Waals surface area contributed by atoms with E-state index in [9.17, 15) is 4.39 Å². The van der Waals surface area contributed by atoms with Crippen molar-refractivity contribution in [2.24, 2.45) is 10.9 Å². The first-order valence-corrected chi connectivity index (χ1v) is 6.39. The molecule has 0 unspecified atom stereocenters. The van der Waals surface area contributed by atoms with E-state index in [4.69, 9.17) is 15.7 Å². The van der Waals surface area contributed by atoms with Crippen LogP contribution in [-0.4, -0.2) is 16.0 Å². The molecule has 1 aromatic carbocycles. The fourth-order valence-corrected chi connectivity index (χ4v) is 1.85. The summed E-state index contributed by atoms with van der Waals surface area (Å²) in [5.74, 6) is -0.206. The van der Waals surface area contributed by atoms with Crippen LogP contribution in [0.15, 0.2) is 40.0 Å². The highest BCUT2D eigenvalue weighted by molar-refractivity contribution is 9.10. The van der Waals surface area contributed by atoms with Gasteiger partial charge < -0.3 is 15.7 Å². The Balaban J connectivity index is 2.47. The second-order valence-electron chi connectivity index (χ2n) is 3.97. The molecule has 20 heavy (non-hydrogen) atoms. The normalized spacial score (nSPS) is 11.4. The van der Waals surface area contributed by atoms with E-state index in [-0.39, 0.29) is 17.5 Å². The van der Waals surface area contributed by atoms with Gasteiger partial charge in [0.05, 0.1) is 10.0 Å². The van der Waals surface area contributed by atoms with Crippen LogP contribution >= 0.6 is 15.9 Å². The van der Waals surface area contributed by atoms with Crippen LogP contribution in [0, 0.1) is 12.7 Å². The molecule has 7 heteroatoms. The van der Waals surface area contributed by atoms with Gasteiger partial charge in [0.25, 0.3) is 0 Å². The summed E-state index contributed by atoms with van der Waals surface area (Å²) in [6, 6.07) is 7.33. The minimum atomic E-state index is -0.443. The van der Waals surface area contributed by atoms with Crippen molar-refractivity contribution in [3.63, 3.8) is 0 Å². The lowest BCUT2D eigenvalue weighted by molar-refractivity contribution is 0.318. The maximum atomic E-state index is 13.2. The van der Waals surface area contributed by atoms with Crippen LogP contribution in [0.3, 0.4) is 0 Å².